The van der Waals surface area contributed by atoms with Gasteiger partial charge in [-0.2, -0.15) is 0 Å². The number of methoxy groups -OCH3 is 1. The lowest BCUT2D eigenvalue weighted by molar-refractivity contribution is -0.384. The van der Waals surface area contributed by atoms with E-state index < -0.39 is 4.92 Å². The van der Waals surface area contributed by atoms with Gasteiger partial charge in [-0.05, 0) is 25.0 Å². The number of nitrogens with zero attached hydrogens (tertiary/aromatic N) is 2. The average Bonchev–Trinajstić information content (AvgIpc) is 2.48. The predicted molar refractivity (Wildman–Crippen MR) is 75.1 cm³/mol. The van der Waals surface area contributed by atoms with E-state index in [0.29, 0.717) is 18.5 Å². The maximum Gasteiger partial charge on any atom is 0.269 e. The Morgan fingerprint density at radius 1 is 1.30 bits per heavy atom. The summed E-state index contributed by atoms with van der Waals surface area (Å²) in [7, 11) is 1.76. The Balaban J connectivity index is 1.69. The molecular weight excluding hydrogens is 260 g/mol. The van der Waals surface area contributed by atoms with E-state index in [0.717, 1.165) is 32.5 Å². The van der Waals surface area contributed by atoms with Crippen LogP contribution in [0.1, 0.15) is 12.8 Å². The molecule has 20 heavy (non-hydrogen) atoms. The maximum atomic E-state index is 10.5. The molecule has 1 aromatic carbocycles. The first-order valence-electron chi connectivity index (χ1n) is 6.81. The summed E-state index contributed by atoms with van der Waals surface area (Å²) in [4.78, 5) is 12.5. The monoisotopic (exact) mass is 280 g/mol. The fraction of sp³-hybridized carbons (Fsp3) is 0.571. The van der Waals surface area contributed by atoms with Crippen molar-refractivity contribution in [1.29, 1.82) is 0 Å². The Morgan fingerprint density at radius 2 is 1.95 bits per heavy atom. The summed E-state index contributed by atoms with van der Waals surface area (Å²) in [5.41, 5.74) is 0.0824. The molecule has 110 valence electrons. The van der Waals surface area contributed by atoms with Gasteiger partial charge in [0.25, 0.3) is 5.69 Å². The van der Waals surface area contributed by atoms with Gasteiger partial charge in [-0.25, -0.2) is 0 Å². The number of piperidine rings is 1. The van der Waals surface area contributed by atoms with Gasteiger partial charge in [0.2, 0.25) is 0 Å². The molecule has 1 saturated heterocycles. The van der Waals surface area contributed by atoms with Gasteiger partial charge < -0.3 is 9.47 Å². The van der Waals surface area contributed by atoms with Gasteiger partial charge in [-0.15, -0.1) is 0 Å². The van der Waals surface area contributed by atoms with E-state index in [1.54, 1.807) is 19.2 Å². The number of nitro benzene ring substituents is 1. The van der Waals surface area contributed by atoms with Crippen LogP contribution in [0, 0.1) is 10.1 Å². The second kappa shape index (κ2) is 7.21. The second-order valence-electron chi connectivity index (χ2n) is 4.88. The van der Waals surface area contributed by atoms with E-state index in [4.69, 9.17) is 9.47 Å². The third-order valence-electron chi connectivity index (χ3n) is 3.59. The van der Waals surface area contributed by atoms with Gasteiger partial charge in [-0.1, -0.05) is 0 Å². The average molecular weight is 280 g/mol. The van der Waals surface area contributed by atoms with Gasteiger partial charge in [0.1, 0.15) is 12.4 Å². The summed E-state index contributed by atoms with van der Waals surface area (Å²) in [6.07, 6.45) is 2.52. The van der Waals surface area contributed by atoms with Crippen molar-refractivity contribution >= 4 is 5.69 Å². The molecule has 0 unspecified atom stereocenters. The minimum atomic E-state index is -0.413. The number of ether oxygens (including phenoxy) is 2. The fourth-order valence-electron chi connectivity index (χ4n) is 2.33. The molecule has 1 aliphatic heterocycles. The summed E-state index contributed by atoms with van der Waals surface area (Å²) in [6, 6.07) is 6.18. The molecule has 0 aromatic heterocycles. The molecule has 0 atom stereocenters. The van der Waals surface area contributed by atoms with Gasteiger partial charge in [0, 0.05) is 38.9 Å². The number of hydrogen-bond acceptors (Lipinski definition) is 5. The minimum absolute atomic E-state index is 0.0824. The van der Waals surface area contributed by atoms with E-state index >= 15 is 0 Å². The molecule has 6 heteroatoms. The van der Waals surface area contributed by atoms with E-state index in [-0.39, 0.29) is 5.69 Å². The highest BCUT2D eigenvalue weighted by molar-refractivity contribution is 5.35. The van der Waals surface area contributed by atoms with Gasteiger partial charge in [-0.3, -0.25) is 15.0 Å². The summed E-state index contributed by atoms with van der Waals surface area (Å²) >= 11 is 0. The Bertz CT molecular complexity index is 427. The third-order valence-corrected chi connectivity index (χ3v) is 3.59. The summed E-state index contributed by atoms with van der Waals surface area (Å²) in [5, 5.41) is 10.5. The van der Waals surface area contributed by atoms with Crippen molar-refractivity contribution in [2.24, 2.45) is 0 Å². The lowest BCUT2D eigenvalue weighted by Crippen LogP contribution is -2.38. The topological polar surface area (TPSA) is 64.8 Å². The first-order valence-corrected chi connectivity index (χ1v) is 6.81. The fourth-order valence-corrected chi connectivity index (χ4v) is 2.33. The molecule has 0 N–H and O–H groups in total. The normalized spacial score (nSPS) is 17.1. The molecule has 0 spiro atoms. The maximum absolute atomic E-state index is 10.5. The van der Waals surface area contributed by atoms with Gasteiger partial charge >= 0.3 is 0 Å². The third kappa shape index (κ3) is 4.18. The lowest BCUT2D eigenvalue weighted by atomic mass is 10.1. The Morgan fingerprint density at radius 3 is 2.50 bits per heavy atom. The van der Waals surface area contributed by atoms with Crippen molar-refractivity contribution in [1.82, 2.24) is 4.90 Å². The molecule has 1 fully saturated rings. The molecule has 0 aliphatic carbocycles. The molecule has 1 heterocycles. The van der Waals surface area contributed by atoms with E-state index in [1.807, 2.05) is 0 Å². The number of nitro groups is 1. The van der Waals surface area contributed by atoms with Crippen LogP contribution in [0.3, 0.4) is 0 Å². The van der Waals surface area contributed by atoms with Gasteiger partial charge in [0.05, 0.1) is 11.0 Å². The van der Waals surface area contributed by atoms with Crippen molar-refractivity contribution < 1.29 is 14.4 Å². The van der Waals surface area contributed by atoms with Crippen molar-refractivity contribution in [3.63, 3.8) is 0 Å². The van der Waals surface area contributed by atoms with E-state index in [9.17, 15) is 10.1 Å². The van der Waals surface area contributed by atoms with Crippen LogP contribution in [0.15, 0.2) is 24.3 Å². The SMILES string of the molecule is COC1CCN(CCOc2ccc([N+](=O)[O-])cc2)CC1. The smallest absolute Gasteiger partial charge is 0.269 e. The predicted octanol–water partition coefficient (Wildman–Crippen LogP) is 2.08. The van der Waals surface area contributed by atoms with Crippen molar-refractivity contribution in [3.05, 3.63) is 34.4 Å². The molecule has 2 rings (SSSR count). The second-order valence-corrected chi connectivity index (χ2v) is 4.88. The van der Waals surface area contributed by atoms with Crippen LogP contribution in [0.2, 0.25) is 0 Å². The summed E-state index contributed by atoms with van der Waals surface area (Å²) in [6.45, 7) is 3.52. The molecule has 6 nitrogen and oxygen atoms in total. The lowest BCUT2D eigenvalue weighted by Gasteiger charge is -2.30. The number of hydrogen-bond donors (Lipinski definition) is 0. The highest BCUT2D eigenvalue weighted by Crippen LogP contribution is 2.17. The highest BCUT2D eigenvalue weighted by atomic mass is 16.6. The number of non-ortho nitro benzene ring substituents is 1. The molecule has 0 saturated carbocycles. The zero-order chi connectivity index (χ0) is 14.4. The van der Waals surface area contributed by atoms with E-state index in [2.05, 4.69) is 4.90 Å². The van der Waals surface area contributed by atoms with E-state index in [1.165, 1.54) is 12.1 Å². The van der Waals surface area contributed by atoms with Crippen LogP contribution in [0.25, 0.3) is 0 Å². The molecule has 1 aliphatic rings. The molecule has 0 amide bonds. The van der Waals surface area contributed by atoms with Gasteiger partial charge in [0.15, 0.2) is 0 Å². The van der Waals surface area contributed by atoms with Crippen LogP contribution in [0.4, 0.5) is 5.69 Å². The van der Waals surface area contributed by atoms with Crippen LogP contribution in [0.5, 0.6) is 5.75 Å². The molecule has 0 bridgehead atoms. The highest BCUT2D eigenvalue weighted by Gasteiger charge is 2.18. The van der Waals surface area contributed by atoms with Crippen molar-refractivity contribution in [2.75, 3.05) is 33.4 Å². The number of benzene rings is 1. The largest absolute Gasteiger partial charge is 0.492 e. The molecule has 0 radical (unpaired) electrons. The number of rotatable bonds is 6. The summed E-state index contributed by atoms with van der Waals surface area (Å²) in [5.74, 6) is 0.669. The van der Waals surface area contributed by atoms with Crippen molar-refractivity contribution in [3.8, 4) is 5.75 Å². The standard InChI is InChI=1S/C14H20N2O4/c1-19-13-6-8-15(9-7-13)10-11-20-14-4-2-12(3-5-14)16(17)18/h2-5,13H,6-11H2,1H3. The Hall–Kier alpha value is -1.66. The van der Waals surface area contributed by atoms with Crippen LogP contribution in [-0.2, 0) is 4.74 Å². The Kier molecular flexibility index (Phi) is 5.31. The summed E-state index contributed by atoms with van der Waals surface area (Å²) < 4.78 is 10.9. The van der Waals surface area contributed by atoms with Crippen LogP contribution >= 0.6 is 0 Å². The zero-order valence-corrected chi connectivity index (χ0v) is 11.7. The first kappa shape index (κ1) is 14.7. The molecular formula is C14H20N2O4. The van der Waals surface area contributed by atoms with Crippen LogP contribution < -0.4 is 4.74 Å². The van der Waals surface area contributed by atoms with Crippen LogP contribution in [-0.4, -0.2) is 49.3 Å². The number of likely N-dealkylation sites (tertiary alicyclic amines) is 1. The Labute approximate surface area is 118 Å². The zero-order valence-electron chi connectivity index (χ0n) is 11.7. The first-order chi connectivity index (χ1) is 9.69. The quantitative estimate of drug-likeness (QED) is 0.589. The minimum Gasteiger partial charge on any atom is -0.492 e. The molecule has 1 aromatic rings. The van der Waals surface area contributed by atoms with Crippen molar-refractivity contribution in [2.45, 2.75) is 18.9 Å².